The first-order valence-electron chi connectivity index (χ1n) is 6.19. The first-order valence-corrected chi connectivity index (χ1v) is 7.27. The van der Waals surface area contributed by atoms with Gasteiger partial charge >= 0.3 is 0 Å². The number of nitrogens with zero attached hydrogens (tertiary/aromatic N) is 4. The Kier molecular flexibility index (Phi) is 3.69. The third-order valence-electron chi connectivity index (χ3n) is 3.13. The minimum atomic E-state index is 0.167. The summed E-state index contributed by atoms with van der Waals surface area (Å²) in [6.45, 7) is 4.22. The highest BCUT2D eigenvalue weighted by Gasteiger charge is 2.24. The molecule has 19 heavy (non-hydrogen) atoms. The zero-order valence-corrected chi connectivity index (χ0v) is 12.8. The summed E-state index contributed by atoms with van der Waals surface area (Å²) in [5.41, 5.74) is 2.14. The van der Waals surface area contributed by atoms with E-state index in [0.29, 0.717) is 6.73 Å². The highest BCUT2D eigenvalue weighted by Crippen LogP contribution is 2.21. The number of ether oxygens (including phenoxy) is 1. The van der Waals surface area contributed by atoms with E-state index in [1.807, 2.05) is 17.8 Å². The van der Waals surface area contributed by atoms with Gasteiger partial charge < -0.3 is 9.64 Å². The lowest BCUT2D eigenvalue weighted by molar-refractivity contribution is 0.0991. The van der Waals surface area contributed by atoms with Gasteiger partial charge in [0, 0.05) is 22.0 Å². The molecule has 0 saturated carbocycles. The number of hydrogen-bond donors (Lipinski definition) is 0. The molecule has 1 aromatic heterocycles. The first kappa shape index (κ1) is 12.9. The highest BCUT2D eigenvalue weighted by atomic mass is 127. The molecule has 3 rings (SSSR count). The summed E-state index contributed by atoms with van der Waals surface area (Å²) in [4.78, 5) is 2.24. The number of halogens is 1. The first-order chi connectivity index (χ1) is 9.20. The Bertz CT molecular complexity index is 554. The number of hydrogen-bond acceptors (Lipinski definition) is 4. The molecule has 1 aromatic carbocycles. The van der Waals surface area contributed by atoms with Crippen molar-refractivity contribution in [1.29, 1.82) is 0 Å². The second kappa shape index (κ2) is 5.46. The van der Waals surface area contributed by atoms with Crippen molar-refractivity contribution in [3.05, 3.63) is 39.7 Å². The molecule has 0 amide bonds. The quantitative estimate of drug-likeness (QED) is 0.776. The Balaban J connectivity index is 1.62. The molecule has 0 spiro atoms. The van der Waals surface area contributed by atoms with E-state index in [9.17, 15) is 0 Å². The molecule has 100 valence electrons. The van der Waals surface area contributed by atoms with E-state index in [4.69, 9.17) is 4.74 Å². The van der Waals surface area contributed by atoms with Crippen LogP contribution in [0.2, 0.25) is 0 Å². The van der Waals surface area contributed by atoms with Gasteiger partial charge in [-0.15, -0.1) is 5.10 Å². The largest absolute Gasteiger partial charge is 0.354 e. The maximum absolute atomic E-state index is 5.80. The van der Waals surface area contributed by atoms with Crippen molar-refractivity contribution >= 4 is 28.3 Å². The molecule has 1 aliphatic heterocycles. The fourth-order valence-electron chi connectivity index (χ4n) is 2.18. The van der Waals surface area contributed by atoms with Gasteiger partial charge in [0.25, 0.3) is 0 Å². The topological polar surface area (TPSA) is 43.2 Å². The zero-order valence-electron chi connectivity index (χ0n) is 10.7. The van der Waals surface area contributed by atoms with Gasteiger partial charge in [-0.2, -0.15) is 0 Å². The molecule has 5 nitrogen and oxygen atoms in total. The molecule has 6 heteroatoms. The van der Waals surface area contributed by atoms with Gasteiger partial charge in [-0.25, -0.2) is 4.68 Å². The molecule has 0 radical (unpaired) electrons. The van der Waals surface area contributed by atoms with Crippen molar-refractivity contribution in [2.24, 2.45) is 0 Å². The summed E-state index contributed by atoms with van der Waals surface area (Å²) in [6.07, 6.45) is 2.11. The molecule has 1 atom stereocenters. The van der Waals surface area contributed by atoms with Crippen LogP contribution in [0.3, 0.4) is 0 Å². The van der Waals surface area contributed by atoms with Gasteiger partial charge in [0.05, 0.1) is 18.3 Å². The second-order valence-corrected chi connectivity index (χ2v) is 5.94. The van der Waals surface area contributed by atoms with Crippen LogP contribution in [0.5, 0.6) is 0 Å². The van der Waals surface area contributed by atoms with E-state index in [1.165, 1.54) is 9.26 Å². The molecule has 0 unspecified atom stereocenters. The third-order valence-corrected chi connectivity index (χ3v) is 3.84. The molecule has 2 heterocycles. The van der Waals surface area contributed by atoms with Gasteiger partial charge in [-0.3, -0.25) is 0 Å². The van der Waals surface area contributed by atoms with E-state index in [-0.39, 0.29) is 6.10 Å². The normalized spacial score (nSPS) is 19.1. The van der Waals surface area contributed by atoms with Gasteiger partial charge in [0.2, 0.25) is 0 Å². The fraction of sp³-hybridized carbons (Fsp3) is 0.385. The van der Waals surface area contributed by atoms with Crippen LogP contribution in [0.15, 0.2) is 30.5 Å². The molecule has 1 aliphatic rings. The van der Waals surface area contributed by atoms with Crippen LogP contribution in [-0.2, 0) is 11.3 Å². The Morgan fingerprint density at radius 3 is 2.84 bits per heavy atom. The summed E-state index contributed by atoms with van der Waals surface area (Å²) in [6, 6.07) is 8.49. The Hall–Kier alpha value is -1.15. The standard InChI is InChI=1S/C13H15IN4O/c1-10-6-18(16-15-10)8-13-7-17(9-19-13)12-4-2-11(14)3-5-12/h2-6,13H,7-9H2,1H3/t13-/m1/s1. The van der Waals surface area contributed by atoms with Gasteiger partial charge in [0.15, 0.2) is 0 Å². The van der Waals surface area contributed by atoms with Crippen LogP contribution in [-0.4, -0.2) is 34.4 Å². The number of benzene rings is 1. The molecular weight excluding hydrogens is 355 g/mol. The van der Waals surface area contributed by atoms with Crippen LogP contribution in [0, 0.1) is 10.5 Å². The number of anilines is 1. The Labute approximate surface area is 125 Å². The second-order valence-electron chi connectivity index (χ2n) is 4.70. The smallest absolute Gasteiger partial charge is 0.119 e. The van der Waals surface area contributed by atoms with E-state index in [2.05, 4.69) is 62.1 Å². The lowest BCUT2D eigenvalue weighted by atomic mass is 10.3. The van der Waals surface area contributed by atoms with Crippen LogP contribution >= 0.6 is 22.6 Å². The van der Waals surface area contributed by atoms with E-state index in [1.54, 1.807) is 0 Å². The molecule has 2 aromatic rings. The molecule has 0 N–H and O–H groups in total. The average molecular weight is 370 g/mol. The van der Waals surface area contributed by atoms with Crippen molar-refractivity contribution in [3.63, 3.8) is 0 Å². The summed E-state index contributed by atoms with van der Waals surface area (Å²) in [7, 11) is 0. The third kappa shape index (κ3) is 3.06. The van der Waals surface area contributed by atoms with Crippen molar-refractivity contribution in [3.8, 4) is 0 Å². The van der Waals surface area contributed by atoms with E-state index in [0.717, 1.165) is 18.8 Å². The van der Waals surface area contributed by atoms with E-state index >= 15 is 0 Å². The minimum Gasteiger partial charge on any atom is -0.354 e. The monoisotopic (exact) mass is 370 g/mol. The maximum Gasteiger partial charge on any atom is 0.119 e. The highest BCUT2D eigenvalue weighted by molar-refractivity contribution is 14.1. The lowest BCUT2D eigenvalue weighted by Crippen LogP contribution is -2.24. The van der Waals surface area contributed by atoms with Gasteiger partial charge in [-0.05, 0) is 53.8 Å². The lowest BCUT2D eigenvalue weighted by Gasteiger charge is -2.16. The van der Waals surface area contributed by atoms with Crippen LogP contribution < -0.4 is 4.90 Å². The number of aryl methyl sites for hydroxylation is 1. The Morgan fingerprint density at radius 2 is 2.16 bits per heavy atom. The summed E-state index contributed by atoms with van der Waals surface area (Å²) >= 11 is 2.31. The van der Waals surface area contributed by atoms with Crippen molar-refractivity contribution in [2.45, 2.75) is 19.6 Å². The summed E-state index contributed by atoms with van der Waals surface area (Å²) < 4.78 is 8.89. The van der Waals surface area contributed by atoms with Gasteiger partial charge in [-0.1, -0.05) is 5.21 Å². The summed E-state index contributed by atoms with van der Waals surface area (Å²) in [5.74, 6) is 0. The molecule has 1 fully saturated rings. The fourth-order valence-corrected chi connectivity index (χ4v) is 2.54. The molecule has 1 saturated heterocycles. The predicted octanol–water partition coefficient (Wildman–Crippen LogP) is 2.05. The van der Waals surface area contributed by atoms with Crippen molar-refractivity contribution < 1.29 is 4.74 Å². The maximum atomic E-state index is 5.80. The summed E-state index contributed by atoms with van der Waals surface area (Å²) in [5, 5.41) is 8.04. The van der Waals surface area contributed by atoms with Crippen LogP contribution in [0.25, 0.3) is 0 Å². The van der Waals surface area contributed by atoms with Gasteiger partial charge in [0.1, 0.15) is 6.73 Å². The van der Waals surface area contributed by atoms with Crippen LogP contribution in [0.1, 0.15) is 5.69 Å². The molecular formula is C13H15IN4O. The number of aromatic nitrogens is 3. The number of rotatable bonds is 3. The minimum absolute atomic E-state index is 0.167. The average Bonchev–Trinajstić information content (AvgIpc) is 3.00. The SMILES string of the molecule is Cc1cn(C[C@H]2CN(c3ccc(I)cc3)CO2)nn1. The predicted molar refractivity (Wildman–Crippen MR) is 81.0 cm³/mol. The Morgan fingerprint density at radius 1 is 1.37 bits per heavy atom. The molecule has 0 bridgehead atoms. The van der Waals surface area contributed by atoms with Crippen molar-refractivity contribution in [1.82, 2.24) is 15.0 Å². The molecule has 0 aliphatic carbocycles. The van der Waals surface area contributed by atoms with Crippen LogP contribution in [0.4, 0.5) is 5.69 Å². The van der Waals surface area contributed by atoms with E-state index < -0.39 is 0 Å². The van der Waals surface area contributed by atoms with Crippen molar-refractivity contribution in [2.75, 3.05) is 18.2 Å². The zero-order chi connectivity index (χ0) is 13.2.